The molecule has 178 valence electrons. The molecule has 1 unspecified atom stereocenters. The van der Waals surface area contributed by atoms with Gasteiger partial charge >= 0.3 is 6.18 Å². The highest BCUT2D eigenvalue weighted by Gasteiger charge is 2.39. The van der Waals surface area contributed by atoms with Crippen LogP contribution in [0.15, 0.2) is 48.8 Å². The molecule has 0 aliphatic rings. The normalized spacial score (nSPS) is 13.6. The van der Waals surface area contributed by atoms with Gasteiger partial charge in [-0.1, -0.05) is 23.7 Å². The van der Waals surface area contributed by atoms with Crippen molar-refractivity contribution in [2.75, 3.05) is 13.7 Å². The van der Waals surface area contributed by atoms with Crippen molar-refractivity contribution in [2.45, 2.75) is 18.7 Å². The van der Waals surface area contributed by atoms with Gasteiger partial charge in [-0.25, -0.2) is 4.98 Å². The summed E-state index contributed by atoms with van der Waals surface area (Å²) in [6.45, 7) is 2.11. The molecule has 0 saturated carbocycles. The highest BCUT2D eigenvalue weighted by atomic mass is 35.5. The van der Waals surface area contributed by atoms with Gasteiger partial charge in [0.15, 0.2) is 5.60 Å². The van der Waals surface area contributed by atoms with E-state index >= 15 is 0 Å². The van der Waals surface area contributed by atoms with Crippen molar-refractivity contribution in [1.82, 2.24) is 19.7 Å². The molecule has 1 atom stereocenters. The lowest BCUT2D eigenvalue weighted by Crippen LogP contribution is -2.32. The predicted molar refractivity (Wildman–Crippen MR) is 119 cm³/mol. The van der Waals surface area contributed by atoms with E-state index in [1.165, 1.54) is 24.1 Å². The molecule has 0 bridgehead atoms. The van der Waals surface area contributed by atoms with Crippen LogP contribution in [0.1, 0.15) is 29.4 Å². The van der Waals surface area contributed by atoms with E-state index in [0.29, 0.717) is 28.8 Å². The lowest BCUT2D eigenvalue weighted by molar-refractivity contribution is -0.141. The van der Waals surface area contributed by atoms with Crippen LogP contribution < -0.4 is 9.47 Å². The number of hydrogen-bond donors (Lipinski definition) is 1. The summed E-state index contributed by atoms with van der Waals surface area (Å²) in [6, 6.07) is 8.43. The van der Waals surface area contributed by atoms with Crippen LogP contribution in [0.4, 0.5) is 13.2 Å². The van der Waals surface area contributed by atoms with Crippen LogP contribution in [0.2, 0.25) is 5.02 Å². The Kier molecular flexibility index (Phi) is 6.13. The van der Waals surface area contributed by atoms with E-state index in [0.717, 1.165) is 12.3 Å². The number of fused-ring (bicyclic) bond motifs is 1. The van der Waals surface area contributed by atoms with Gasteiger partial charge in [0.25, 0.3) is 5.88 Å². The molecule has 0 aliphatic heterocycles. The molecule has 0 aliphatic carbocycles. The SMILES string of the molecule is CCOc1c(OC)nc2ccc(C(O)(c3ccc(C(F)(F)F)nc3)c3ccnn3C)cc2c1Cl. The fourth-order valence-electron chi connectivity index (χ4n) is 3.79. The minimum absolute atomic E-state index is 0.117. The summed E-state index contributed by atoms with van der Waals surface area (Å²) in [7, 11) is 3.06. The molecule has 4 rings (SSSR count). The molecular formula is C23H20ClF3N4O3. The van der Waals surface area contributed by atoms with E-state index in [2.05, 4.69) is 15.1 Å². The van der Waals surface area contributed by atoms with Gasteiger partial charge in [0.2, 0.25) is 5.75 Å². The molecule has 0 amide bonds. The van der Waals surface area contributed by atoms with Crippen molar-refractivity contribution in [2.24, 2.45) is 7.05 Å². The van der Waals surface area contributed by atoms with Crippen LogP contribution in [0.25, 0.3) is 10.9 Å². The first-order valence-corrected chi connectivity index (χ1v) is 10.5. The Labute approximate surface area is 197 Å². The third-order valence-electron chi connectivity index (χ3n) is 5.41. The second kappa shape index (κ2) is 8.77. The zero-order chi connectivity index (χ0) is 24.7. The molecule has 3 aromatic heterocycles. The van der Waals surface area contributed by atoms with E-state index in [9.17, 15) is 18.3 Å². The smallest absolute Gasteiger partial charge is 0.433 e. The molecule has 0 spiro atoms. The molecule has 34 heavy (non-hydrogen) atoms. The van der Waals surface area contributed by atoms with Gasteiger partial charge in [0, 0.05) is 30.4 Å². The lowest BCUT2D eigenvalue weighted by atomic mass is 9.83. The van der Waals surface area contributed by atoms with Crippen molar-refractivity contribution in [3.05, 3.63) is 76.3 Å². The molecule has 11 heteroatoms. The predicted octanol–water partition coefficient (Wildman–Crippen LogP) is 4.73. The molecule has 4 aromatic rings. The van der Waals surface area contributed by atoms with Crippen molar-refractivity contribution < 1.29 is 27.8 Å². The minimum atomic E-state index is -4.61. The number of ether oxygens (including phenoxy) is 2. The number of aryl methyl sites for hydroxylation is 1. The van der Waals surface area contributed by atoms with Crippen LogP contribution in [0.3, 0.4) is 0 Å². The van der Waals surface area contributed by atoms with Gasteiger partial charge in [-0.15, -0.1) is 0 Å². The second-order valence-electron chi connectivity index (χ2n) is 7.41. The van der Waals surface area contributed by atoms with E-state index in [-0.39, 0.29) is 22.2 Å². The fraction of sp³-hybridized carbons (Fsp3) is 0.261. The summed E-state index contributed by atoms with van der Waals surface area (Å²) in [4.78, 5) is 7.95. The Morgan fingerprint density at radius 2 is 1.85 bits per heavy atom. The largest absolute Gasteiger partial charge is 0.487 e. The number of nitrogens with zero attached hydrogens (tertiary/aromatic N) is 4. The average molecular weight is 493 g/mol. The topological polar surface area (TPSA) is 82.3 Å². The highest BCUT2D eigenvalue weighted by Crippen LogP contribution is 2.43. The van der Waals surface area contributed by atoms with Gasteiger partial charge < -0.3 is 14.6 Å². The summed E-state index contributed by atoms with van der Waals surface area (Å²) in [5.74, 6) is 0.456. The Morgan fingerprint density at radius 1 is 1.12 bits per heavy atom. The minimum Gasteiger partial charge on any atom is -0.487 e. The van der Waals surface area contributed by atoms with Gasteiger partial charge in [-0.2, -0.15) is 18.3 Å². The van der Waals surface area contributed by atoms with Crippen molar-refractivity contribution >= 4 is 22.5 Å². The van der Waals surface area contributed by atoms with Crippen molar-refractivity contribution in [3.8, 4) is 11.6 Å². The number of benzene rings is 1. The molecule has 3 heterocycles. The summed E-state index contributed by atoms with van der Waals surface area (Å²) in [6.07, 6.45) is -2.13. The number of methoxy groups -OCH3 is 1. The van der Waals surface area contributed by atoms with Crippen molar-refractivity contribution in [3.63, 3.8) is 0 Å². The van der Waals surface area contributed by atoms with Crippen LogP contribution in [0.5, 0.6) is 11.6 Å². The Morgan fingerprint density at radius 3 is 2.41 bits per heavy atom. The molecular weight excluding hydrogens is 473 g/mol. The molecule has 1 aromatic carbocycles. The van der Waals surface area contributed by atoms with E-state index < -0.39 is 17.5 Å². The number of aliphatic hydroxyl groups is 1. The van der Waals surface area contributed by atoms with E-state index in [4.69, 9.17) is 21.1 Å². The zero-order valence-corrected chi connectivity index (χ0v) is 19.1. The third kappa shape index (κ3) is 3.92. The second-order valence-corrected chi connectivity index (χ2v) is 7.79. The number of alkyl halides is 3. The van der Waals surface area contributed by atoms with E-state index in [1.807, 2.05) is 0 Å². The maximum Gasteiger partial charge on any atom is 0.433 e. The Hall–Kier alpha value is -3.37. The zero-order valence-electron chi connectivity index (χ0n) is 18.4. The van der Waals surface area contributed by atoms with Crippen LogP contribution in [-0.2, 0) is 18.8 Å². The molecule has 0 radical (unpaired) electrons. The first-order valence-electron chi connectivity index (χ1n) is 10.2. The van der Waals surface area contributed by atoms with Crippen molar-refractivity contribution in [1.29, 1.82) is 0 Å². The van der Waals surface area contributed by atoms with Gasteiger partial charge in [0.1, 0.15) is 5.69 Å². The maximum atomic E-state index is 13.1. The average Bonchev–Trinajstić information content (AvgIpc) is 3.26. The fourth-order valence-corrected chi connectivity index (χ4v) is 4.07. The number of hydrogen-bond acceptors (Lipinski definition) is 6. The van der Waals surface area contributed by atoms with Crippen LogP contribution in [-0.4, -0.2) is 38.6 Å². The molecule has 7 nitrogen and oxygen atoms in total. The lowest BCUT2D eigenvalue weighted by Gasteiger charge is -2.30. The summed E-state index contributed by atoms with van der Waals surface area (Å²) in [5, 5.41) is 16.8. The summed E-state index contributed by atoms with van der Waals surface area (Å²) >= 11 is 6.62. The van der Waals surface area contributed by atoms with E-state index in [1.54, 1.807) is 38.2 Å². The molecule has 0 fully saturated rings. The first-order chi connectivity index (χ1) is 16.1. The Bertz CT molecular complexity index is 1340. The van der Waals surface area contributed by atoms with Crippen LogP contribution in [0, 0.1) is 0 Å². The standard InChI is InChI=1S/C23H20ClF3N4O3/c1-4-34-20-19(24)15-11-13(5-7-16(15)30-21(20)33-3)22(32,18-9-10-29-31(18)2)14-6-8-17(28-12-14)23(25,26)27/h5-12,32H,4H2,1-3H3. The molecule has 1 N–H and O–H groups in total. The number of aromatic nitrogens is 4. The highest BCUT2D eigenvalue weighted by molar-refractivity contribution is 6.37. The number of pyridine rings is 2. The quantitative estimate of drug-likeness (QED) is 0.419. The number of halogens is 4. The molecule has 0 saturated heterocycles. The Balaban J connectivity index is 1.96. The maximum absolute atomic E-state index is 13.1. The van der Waals surface area contributed by atoms with Gasteiger partial charge in [-0.3, -0.25) is 9.67 Å². The van der Waals surface area contributed by atoms with Gasteiger partial charge in [-0.05, 0) is 36.8 Å². The van der Waals surface area contributed by atoms with Crippen LogP contribution >= 0.6 is 11.6 Å². The monoisotopic (exact) mass is 492 g/mol. The number of rotatable bonds is 6. The first kappa shape index (κ1) is 23.8. The summed E-state index contributed by atoms with van der Waals surface area (Å²) in [5.41, 5.74) is -1.73. The van der Waals surface area contributed by atoms with Gasteiger partial charge in [0.05, 0.1) is 29.9 Å². The summed E-state index contributed by atoms with van der Waals surface area (Å²) < 4.78 is 51.5. The third-order valence-corrected chi connectivity index (χ3v) is 5.79.